The summed E-state index contributed by atoms with van der Waals surface area (Å²) in [6.07, 6.45) is 1.14. The number of rotatable bonds is 3. The van der Waals surface area contributed by atoms with Crippen LogP contribution in [0.5, 0.6) is 0 Å². The predicted molar refractivity (Wildman–Crippen MR) is 90.3 cm³/mol. The Bertz CT molecular complexity index is 508. The van der Waals surface area contributed by atoms with Gasteiger partial charge in [-0.3, -0.25) is 9.69 Å². The highest BCUT2D eigenvalue weighted by Gasteiger charge is 2.26. The maximum atomic E-state index is 12.7. The fourth-order valence-electron chi connectivity index (χ4n) is 3.29. The van der Waals surface area contributed by atoms with E-state index in [0.29, 0.717) is 26.2 Å². The summed E-state index contributed by atoms with van der Waals surface area (Å²) in [4.78, 5) is 19.2. The van der Waals surface area contributed by atoms with Crippen LogP contribution in [0.2, 0.25) is 0 Å². The average molecular weight is 317 g/mol. The minimum atomic E-state index is 0.00386. The average Bonchev–Trinajstić information content (AvgIpc) is 2.80. The number of carbonyl (C=O) groups is 1. The van der Waals surface area contributed by atoms with E-state index in [-0.39, 0.29) is 12.0 Å². The second-order valence-electron chi connectivity index (χ2n) is 6.54. The fourth-order valence-corrected chi connectivity index (χ4v) is 3.29. The number of morpholine rings is 1. The van der Waals surface area contributed by atoms with E-state index in [0.717, 1.165) is 38.2 Å². The Morgan fingerprint density at radius 2 is 1.96 bits per heavy atom. The van der Waals surface area contributed by atoms with Crippen LogP contribution in [-0.2, 0) is 9.53 Å². The Morgan fingerprint density at radius 3 is 2.78 bits per heavy atom. The topological polar surface area (TPSA) is 36.0 Å². The summed E-state index contributed by atoms with van der Waals surface area (Å²) in [5, 5.41) is 0. The van der Waals surface area contributed by atoms with Gasteiger partial charge in [0.25, 0.3) is 0 Å². The molecule has 126 valence electrons. The first-order valence-electron chi connectivity index (χ1n) is 8.57. The molecule has 0 radical (unpaired) electrons. The van der Waals surface area contributed by atoms with Crippen molar-refractivity contribution < 1.29 is 9.53 Å². The monoisotopic (exact) mass is 317 g/mol. The quantitative estimate of drug-likeness (QED) is 0.840. The van der Waals surface area contributed by atoms with Crippen molar-refractivity contribution in [3.63, 3.8) is 0 Å². The summed E-state index contributed by atoms with van der Waals surface area (Å²) >= 11 is 0. The van der Waals surface area contributed by atoms with Gasteiger partial charge < -0.3 is 14.5 Å². The van der Waals surface area contributed by atoms with Crippen LogP contribution < -0.4 is 0 Å². The van der Waals surface area contributed by atoms with Crippen LogP contribution in [-0.4, -0.2) is 80.1 Å². The lowest BCUT2D eigenvalue weighted by molar-refractivity contribution is -0.140. The van der Waals surface area contributed by atoms with Crippen molar-refractivity contribution in [1.29, 1.82) is 0 Å². The number of nitrogens with zero attached hydrogens (tertiary/aromatic N) is 3. The second kappa shape index (κ2) is 7.90. The molecular formula is C18H27N3O2. The standard InChI is InChI=1S/C18H27N3O2/c1-19-8-5-9-20(11-10-19)15-18(22)21-12-13-23-17(14-21)16-6-3-2-4-7-16/h2-4,6-7,17H,5,8-15H2,1H3/t17-/m0/s1. The largest absolute Gasteiger partial charge is 0.370 e. The third-order valence-electron chi connectivity index (χ3n) is 4.76. The van der Waals surface area contributed by atoms with Gasteiger partial charge in [-0.25, -0.2) is 0 Å². The van der Waals surface area contributed by atoms with Crippen molar-refractivity contribution >= 4 is 5.91 Å². The summed E-state index contributed by atoms with van der Waals surface area (Å²) in [7, 11) is 2.15. The molecule has 2 aliphatic heterocycles. The van der Waals surface area contributed by atoms with Crippen LogP contribution in [0.1, 0.15) is 18.1 Å². The van der Waals surface area contributed by atoms with E-state index in [2.05, 4.69) is 29.0 Å². The first-order chi connectivity index (χ1) is 11.2. The molecule has 0 aliphatic carbocycles. The summed E-state index contributed by atoms with van der Waals surface area (Å²) in [6, 6.07) is 10.2. The number of hydrogen-bond donors (Lipinski definition) is 0. The number of likely N-dealkylation sites (N-methyl/N-ethyl adjacent to an activating group) is 1. The molecule has 2 aliphatic rings. The molecule has 0 spiro atoms. The minimum absolute atomic E-state index is 0.00386. The van der Waals surface area contributed by atoms with Crippen LogP contribution in [0.3, 0.4) is 0 Å². The van der Waals surface area contributed by atoms with Gasteiger partial charge in [-0.1, -0.05) is 30.3 Å². The van der Waals surface area contributed by atoms with Gasteiger partial charge in [0.05, 0.1) is 19.7 Å². The Morgan fingerprint density at radius 1 is 1.13 bits per heavy atom. The van der Waals surface area contributed by atoms with Gasteiger partial charge in [0, 0.05) is 19.6 Å². The van der Waals surface area contributed by atoms with E-state index in [1.807, 2.05) is 23.1 Å². The smallest absolute Gasteiger partial charge is 0.236 e. The molecule has 3 rings (SSSR count). The van der Waals surface area contributed by atoms with Crippen LogP contribution in [0.25, 0.3) is 0 Å². The number of amides is 1. The van der Waals surface area contributed by atoms with Gasteiger partial charge in [0.1, 0.15) is 6.10 Å². The summed E-state index contributed by atoms with van der Waals surface area (Å²) < 4.78 is 5.85. The highest BCUT2D eigenvalue weighted by molar-refractivity contribution is 5.78. The molecule has 0 bridgehead atoms. The molecule has 0 N–H and O–H groups in total. The molecule has 0 aromatic heterocycles. The molecule has 0 saturated carbocycles. The van der Waals surface area contributed by atoms with E-state index in [1.165, 1.54) is 0 Å². The zero-order valence-corrected chi connectivity index (χ0v) is 14.0. The lowest BCUT2D eigenvalue weighted by Gasteiger charge is -2.34. The van der Waals surface area contributed by atoms with Crippen molar-refractivity contribution in [3.05, 3.63) is 35.9 Å². The first kappa shape index (κ1) is 16.4. The Balaban J connectivity index is 1.54. The second-order valence-corrected chi connectivity index (χ2v) is 6.54. The van der Waals surface area contributed by atoms with E-state index in [9.17, 15) is 4.79 Å². The lowest BCUT2D eigenvalue weighted by atomic mass is 10.1. The summed E-state index contributed by atoms with van der Waals surface area (Å²) in [6.45, 7) is 6.69. The van der Waals surface area contributed by atoms with E-state index in [4.69, 9.17) is 4.74 Å². The summed E-state index contributed by atoms with van der Waals surface area (Å²) in [5.41, 5.74) is 1.15. The van der Waals surface area contributed by atoms with Gasteiger partial charge >= 0.3 is 0 Å². The Labute approximate surface area is 138 Å². The van der Waals surface area contributed by atoms with Gasteiger partial charge in [-0.2, -0.15) is 0 Å². The SMILES string of the molecule is CN1CCCN(CC(=O)N2CCO[C@H](c3ccccc3)C2)CC1. The molecule has 23 heavy (non-hydrogen) atoms. The molecule has 5 heteroatoms. The van der Waals surface area contributed by atoms with Gasteiger partial charge in [0.15, 0.2) is 0 Å². The predicted octanol–water partition coefficient (Wildman–Crippen LogP) is 1.22. The number of ether oxygens (including phenoxy) is 1. The zero-order chi connectivity index (χ0) is 16.1. The van der Waals surface area contributed by atoms with Crippen molar-refractivity contribution in [2.75, 3.05) is 59.5 Å². The van der Waals surface area contributed by atoms with Gasteiger partial charge in [-0.15, -0.1) is 0 Å². The normalized spacial score (nSPS) is 24.4. The zero-order valence-electron chi connectivity index (χ0n) is 14.0. The van der Waals surface area contributed by atoms with Crippen molar-refractivity contribution in [1.82, 2.24) is 14.7 Å². The molecule has 5 nitrogen and oxygen atoms in total. The molecular weight excluding hydrogens is 290 g/mol. The molecule has 1 atom stereocenters. The van der Waals surface area contributed by atoms with E-state index >= 15 is 0 Å². The molecule has 0 unspecified atom stereocenters. The Hall–Kier alpha value is -1.43. The van der Waals surface area contributed by atoms with Crippen LogP contribution in [0, 0.1) is 0 Å². The van der Waals surface area contributed by atoms with E-state index in [1.54, 1.807) is 0 Å². The molecule has 2 fully saturated rings. The third-order valence-corrected chi connectivity index (χ3v) is 4.76. The maximum absolute atomic E-state index is 12.7. The highest BCUT2D eigenvalue weighted by atomic mass is 16.5. The van der Waals surface area contributed by atoms with Gasteiger partial charge in [0.2, 0.25) is 5.91 Å². The minimum Gasteiger partial charge on any atom is -0.370 e. The van der Waals surface area contributed by atoms with Crippen LogP contribution >= 0.6 is 0 Å². The van der Waals surface area contributed by atoms with Crippen LogP contribution in [0.15, 0.2) is 30.3 Å². The third kappa shape index (κ3) is 4.53. The van der Waals surface area contributed by atoms with Crippen molar-refractivity contribution in [2.24, 2.45) is 0 Å². The Kier molecular flexibility index (Phi) is 5.65. The molecule has 1 aromatic carbocycles. The summed E-state index contributed by atoms with van der Waals surface area (Å²) in [5.74, 6) is 0.235. The lowest BCUT2D eigenvalue weighted by Crippen LogP contribution is -2.47. The first-order valence-corrected chi connectivity index (χ1v) is 8.57. The van der Waals surface area contributed by atoms with Crippen LogP contribution in [0.4, 0.5) is 0 Å². The fraction of sp³-hybridized carbons (Fsp3) is 0.611. The van der Waals surface area contributed by atoms with Crippen molar-refractivity contribution in [3.8, 4) is 0 Å². The van der Waals surface area contributed by atoms with E-state index < -0.39 is 0 Å². The molecule has 2 saturated heterocycles. The highest BCUT2D eigenvalue weighted by Crippen LogP contribution is 2.22. The number of hydrogen-bond acceptors (Lipinski definition) is 4. The van der Waals surface area contributed by atoms with Crippen molar-refractivity contribution in [2.45, 2.75) is 12.5 Å². The molecule has 2 heterocycles. The number of benzene rings is 1. The maximum Gasteiger partial charge on any atom is 0.236 e. The molecule has 1 amide bonds. The number of carbonyl (C=O) groups excluding carboxylic acids is 1. The molecule has 1 aromatic rings. The van der Waals surface area contributed by atoms with Gasteiger partial charge in [-0.05, 0) is 32.1 Å².